The zero-order chi connectivity index (χ0) is 13.5. The molecule has 0 saturated carbocycles. The predicted octanol–water partition coefficient (Wildman–Crippen LogP) is 1.71. The van der Waals surface area contributed by atoms with Gasteiger partial charge in [0, 0.05) is 19.0 Å². The molecule has 0 spiro atoms. The van der Waals surface area contributed by atoms with Gasteiger partial charge in [-0.05, 0) is 51.7 Å². The summed E-state index contributed by atoms with van der Waals surface area (Å²) in [5.41, 5.74) is 0. The molecule has 5 nitrogen and oxygen atoms in total. The second-order valence-corrected chi connectivity index (χ2v) is 5.51. The summed E-state index contributed by atoms with van der Waals surface area (Å²) in [5.74, 6) is 1.52. The van der Waals surface area contributed by atoms with Crippen molar-refractivity contribution in [1.82, 2.24) is 20.4 Å². The second-order valence-electron chi connectivity index (χ2n) is 5.51. The molecule has 1 aliphatic rings. The topological polar surface area (TPSA) is 54.2 Å². The lowest BCUT2D eigenvalue weighted by atomic mass is 9.90. The molecule has 0 amide bonds. The molecule has 1 aromatic rings. The van der Waals surface area contributed by atoms with Crippen LogP contribution in [-0.2, 0) is 6.42 Å². The largest absolute Gasteiger partial charge is 0.340 e. The summed E-state index contributed by atoms with van der Waals surface area (Å²) < 4.78 is 4.99. The molecule has 0 aliphatic carbocycles. The lowest BCUT2D eigenvalue weighted by Gasteiger charge is -2.35. The van der Waals surface area contributed by atoms with Crippen LogP contribution in [-0.4, -0.2) is 47.3 Å². The van der Waals surface area contributed by atoms with Crippen LogP contribution in [0.3, 0.4) is 0 Å². The quantitative estimate of drug-likeness (QED) is 0.814. The van der Waals surface area contributed by atoms with Gasteiger partial charge in [0.1, 0.15) is 0 Å². The van der Waals surface area contributed by atoms with E-state index in [9.17, 15) is 0 Å². The molecule has 1 fully saturated rings. The normalized spacial score (nSPS) is 19.7. The lowest BCUT2D eigenvalue weighted by Crippen LogP contribution is -2.42. The van der Waals surface area contributed by atoms with E-state index in [0.717, 1.165) is 24.8 Å². The summed E-state index contributed by atoms with van der Waals surface area (Å²) in [6.45, 7) is 9.24. The first-order valence-corrected chi connectivity index (χ1v) is 7.51. The van der Waals surface area contributed by atoms with E-state index in [1.165, 1.54) is 45.2 Å². The molecule has 1 aliphatic heterocycles. The third kappa shape index (κ3) is 4.58. The standard InChI is InChI=1S/C14H26N4O/c1-3-8-18-9-5-13(6-10-18)12(2)15-7-4-14-16-11-17-19-14/h11-13,15H,3-10H2,1-2H3. The Morgan fingerprint density at radius 1 is 1.47 bits per heavy atom. The van der Waals surface area contributed by atoms with Crippen molar-refractivity contribution >= 4 is 0 Å². The molecular weight excluding hydrogens is 240 g/mol. The molecular formula is C14H26N4O. The fraction of sp³-hybridized carbons (Fsp3) is 0.857. The summed E-state index contributed by atoms with van der Waals surface area (Å²) in [6.07, 6.45) is 6.17. The highest BCUT2D eigenvalue weighted by Gasteiger charge is 2.22. The summed E-state index contributed by atoms with van der Waals surface area (Å²) in [6, 6.07) is 0.576. The molecule has 108 valence electrons. The van der Waals surface area contributed by atoms with Gasteiger partial charge in [0.05, 0.1) is 0 Å². The van der Waals surface area contributed by atoms with Crippen LogP contribution in [0.2, 0.25) is 0 Å². The van der Waals surface area contributed by atoms with E-state index in [2.05, 4.69) is 34.2 Å². The number of rotatable bonds is 7. The molecule has 1 N–H and O–H groups in total. The first kappa shape index (κ1) is 14.5. The van der Waals surface area contributed by atoms with Gasteiger partial charge in [-0.1, -0.05) is 12.1 Å². The maximum absolute atomic E-state index is 4.99. The summed E-state index contributed by atoms with van der Waals surface area (Å²) in [7, 11) is 0. The number of nitrogens with one attached hydrogen (secondary N) is 1. The van der Waals surface area contributed by atoms with E-state index in [1.807, 2.05) is 0 Å². The van der Waals surface area contributed by atoms with Crippen LogP contribution in [0.15, 0.2) is 10.9 Å². The fourth-order valence-electron chi connectivity index (χ4n) is 2.87. The number of hydrogen-bond donors (Lipinski definition) is 1. The van der Waals surface area contributed by atoms with Crippen molar-refractivity contribution < 1.29 is 4.52 Å². The zero-order valence-corrected chi connectivity index (χ0v) is 12.1. The van der Waals surface area contributed by atoms with Crippen LogP contribution in [0.5, 0.6) is 0 Å². The molecule has 1 unspecified atom stereocenters. The van der Waals surface area contributed by atoms with E-state index < -0.39 is 0 Å². The molecule has 2 heterocycles. The number of aromatic nitrogens is 2. The average Bonchev–Trinajstić information content (AvgIpc) is 2.93. The average molecular weight is 266 g/mol. The molecule has 0 radical (unpaired) electrons. The van der Waals surface area contributed by atoms with Gasteiger partial charge in [-0.25, -0.2) is 0 Å². The third-order valence-electron chi connectivity index (χ3n) is 4.09. The zero-order valence-electron chi connectivity index (χ0n) is 12.1. The van der Waals surface area contributed by atoms with Gasteiger partial charge in [-0.2, -0.15) is 4.98 Å². The maximum Gasteiger partial charge on any atom is 0.227 e. The summed E-state index contributed by atoms with van der Waals surface area (Å²) in [5, 5.41) is 7.21. The van der Waals surface area contributed by atoms with Crippen LogP contribution in [0.25, 0.3) is 0 Å². The lowest BCUT2D eigenvalue weighted by molar-refractivity contribution is 0.163. The predicted molar refractivity (Wildman–Crippen MR) is 74.9 cm³/mol. The molecule has 5 heteroatoms. The van der Waals surface area contributed by atoms with Gasteiger partial charge in [0.2, 0.25) is 5.89 Å². The van der Waals surface area contributed by atoms with Crippen molar-refractivity contribution in [3.63, 3.8) is 0 Å². The van der Waals surface area contributed by atoms with Crippen molar-refractivity contribution in [2.75, 3.05) is 26.2 Å². The van der Waals surface area contributed by atoms with Crippen molar-refractivity contribution in [3.05, 3.63) is 12.2 Å². The Morgan fingerprint density at radius 3 is 2.89 bits per heavy atom. The highest BCUT2D eigenvalue weighted by molar-refractivity contribution is 4.81. The Morgan fingerprint density at radius 2 is 2.26 bits per heavy atom. The smallest absolute Gasteiger partial charge is 0.227 e. The highest BCUT2D eigenvalue weighted by atomic mass is 16.5. The molecule has 1 atom stereocenters. The van der Waals surface area contributed by atoms with Crippen LogP contribution in [0.4, 0.5) is 0 Å². The minimum absolute atomic E-state index is 0.576. The Balaban J connectivity index is 1.62. The van der Waals surface area contributed by atoms with Gasteiger partial charge in [-0.15, -0.1) is 0 Å². The van der Waals surface area contributed by atoms with Crippen LogP contribution in [0.1, 0.15) is 39.0 Å². The third-order valence-corrected chi connectivity index (χ3v) is 4.09. The van der Waals surface area contributed by atoms with E-state index >= 15 is 0 Å². The first-order valence-electron chi connectivity index (χ1n) is 7.51. The molecule has 1 saturated heterocycles. The molecule has 0 aromatic carbocycles. The Kier molecular flexibility index (Phi) is 5.79. The van der Waals surface area contributed by atoms with Crippen LogP contribution >= 0.6 is 0 Å². The number of likely N-dealkylation sites (tertiary alicyclic amines) is 1. The fourth-order valence-corrected chi connectivity index (χ4v) is 2.87. The van der Waals surface area contributed by atoms with E-state index in [4.69, 9.17) is 4.52 Å². The Bertz CT molecular complexity index is 333. The van der Waals surface area contributed by atoms with E-state index in [1.54, 1.807) is 0 Å². The van der Waals surface area contributed by atoms with Gasteiger partial charge in [0.15, 0.2) is 6.33 Å². The van der Waals surface area contributed by atoms with E-state index in [0.29, 0.717) is 6.04 Å². The summed E-state index contributed by atoms with van der Waals surface area (Å²) >= 11 is 0. The first-order chi connectivity index (χ1) is 9.29. The second kappa shape index (κ2) is 7.60. The van der Waals surface area contributed by atoms with Crippen molar-refractivity contribution in [1.29, 1.82) is 0 Å². The number of piperidine rings is 1. The SMILES string of the molecule is CCCN1CCC(C(C)NCCc2ncno2)CC1. The Hall–Kier alpha value is -0.940. The van der Waals surface area contributed by atoms with Gasteiger partial charge < -0.3 is 14.7 Å². The maximum atomic E-state index is 4.99. The van der Waals surface area contributed by atoms with Crippen LogP contribution < -0.4 is 5.32 Å². The van der Waals surface area contributed by atoms with Gasteiger partial charge in [-0.3, -0.25) is 0 Å². The van der Waals surface area contributed by atoms with Crippen molar-refractivity contribution in [2.24, 2.45) is 5.92 Å². The van der Waals surface area contributed by atoms with Crippen LogP contribution in [0, 0.1) is 5.92 Å². The number of hydrogen-bond acceptors (Lipinski definition) is 5. The van der Waals surface area contributed by atoms with Crippen molar-refractivity contribution in [2.45, 2.75) is 45.6 Å². The Labute approximate surface area is 115 Å². The number of nitrogens with zero attached hydrogens (tertiary/aromatic N) is 3. The van der Waals surface area contributed by atoms with Gasteiger partial charge >= 0.3 is 0 Å². The minimum Gasteiger partial charge on any atom is -0.340 e. The monoisotopic (exact) mass is 266 g/mol. The van der Waals surface area contributed by atoms with E-state index in [-0.39, 0.29) is 0 Å². The molecule has 0 bridgehead atoms. The van der Waals surface area contributed by atoms with Gasteiger partial charge in [0.25, 0.3) is 0 Å². The molecule has 19 heavy (non-hydrogen) atoms. The van der Waals surface area contributed by atoms with Crippen molar-refractivity contribution in [3.8, 4) is 0 Å². The highest BCUT2D eigenvalue weighted by Crippen LogP contribution is 2.20. The minimum atomic E-state index is 0.576. The molecule has 2 rings (SSSR count). The summed E-state index contributed by atoms with van der Waals surface area (Å²) in [4.78, 5) is 6.62. The molecule has 1 aromatic heterocycles.